The number of para-hydroxylation sites is 1. The van der Waals surface area contributed by atoms with E-state index in [1.807, 2.05) is 0 Å². The molecule has 0 amide bonds. The van der Waals surface area contributed by atoms with Crippen molar-refractivity contribution in [3.05, 3.63) is 66.4 Å². The van der Waals surface area contributed by atoms with Crippen LogP contribution in [0.5, 0.6) is 0 Å². The smallest absolute Gasteiger partial charge is 0.0755 e. The Bertz CT molecular complexity index is 997. The van der Waals surface area contributed by atoms with Crippen LogP contribution in [0.3, 0.4) is 0 Å². The molecular formula is C20H16N2. The molecule has 4 aromatic rings. The zero-order chi connectivity index (χ0) is 14.5. The molecule has 0 N–H and O–H groups in total. The van der Waals surface area contributed by atoms with Gasteiger partial charge in [0, 0.05) is 40.2 Å². The Morgan fingerprint density at radius 3 is 2.59 bits per heavy atom. The molecule has 3 heterocycles. The van der Waals surface area contributed by atoms with E-state index in [2.05, 4.69) is 65.4 Å². The largest absolute Gasteiger partial charge is 0.340 e. The van der Waals surface area contributed by atoms with Crippen molar-refractivity contribution in [2.75, 3.05) is 0 Å². The van der Waals surface area contributed by atoms with E-state index in [1.165, 1.54) is 39.4 Å². The Labute approximate surface area is 129 Å². The van der Waals surface area contributed by atoms with Crippen LogP contribution in [0.2, 0.25) is 0 Å². The monoisotopic (exact) mass is 284 g/mol. The first-order chi connectivity index (χ1) is 10.9. The lowest BCUT2D eigenvalue weighted by Gasteiger charge is -2.19. The van der Waals surface area contributed by atoms with Gasteiger partial charge in [-0.05, 0) is 18.9 Å². The van der Waals surface area contributed by atoms with E-state index in [1.54, 1.807) is 0 Å². The fourth-order valence-corrected chi connectivity index (χ4v) is 3.83. The number of aryl methyl sites for hydroxylation is 2. The Hall–Kier alpha value is -2.61. The molecule has 2 heteroatoms. The Morgan fingerprint density at radius 2 is 1.68 bits per heavy atom. The Balaban J connectivity index is 1.94. The molecule has 0 unspecified atom stereocenters. The highest BCUT2D eigenvalue weighted by atomic mass is 15.0. The van der Waals surface area contributed by atoms with Gasteiger partial charge in [0.1, 0.15) is 0 Å². The van der Waals surface area contributed by atoms with Gasteiger partial charge in [0.25, 0.3) is 0 Å². The van der Waals surface area contributed by atoms with E-state index in [4.69, 9.17) is 4.98 Å². The maximum atomic E-state index is 4.83. The summed E-state index contributed by atoms with van der Waals surface area (Å²) in [7, 11) is 0. The molecule has 2 aromatic heterocycles. The van der Waals surface area contributed by atoms with Gasteiger partial charge in [0.2, 0.25) is 0 Å². The fraction of sp³-hybridized carbons (Fsp3) is 0.150. The van der Waals surface area contributed by atoms with Crippen LogP contribution in [0.15, 0.2) is 60.8 Å². The minimum absolute atomic E-state index is 1.11. The standard InChI is InChI=1S/C20H16N2/c1-2-7-14(8-3-1)19-16-10-6-12-22-18-11-5-4-9-15(18)17(13-21-19)20(16)22/h1-5,7-9,11,13H,6,10,12H2. The van der Waals surface area contributed by atoms with Crippen molar-refractivity contribution >= 4 is 21.8 Å². The zero-order valence-corrected chi connectivity index (χ0v) is 12.3. The summed E-state index contributed by atoms with van der Waals surface area (Å²) >= 11 is 0. The number of hydrogen-bond donors (Lipinski definition) is 0. The predicted molar refractivity (Wildman–Crippen MR) is 91.0 cm³/mol. The lowest BCUT2D eigenvalue weighted by molar-refractivity contribution is 0.650. The van der Waals surface area contributed by atoms with Gasteiger partial charge in [-0.25, -0.2) is 0 Å². The van der Waals surface area contributed by atoms with Crippen LogP contribution < -0.4 is 0 Å². The van der Waals surface area contributed by atoms with Gasteiger partial charge in [0.05, 0.1) is 11.2 Å². The van der Waals surface area contributed by atoms with Gasteiger partial charge in [-0.2, -0.15) is 0 Å². The van der Waals surface area contributed by atoms with E-state index in [9.17, 15) is 0 Å². The summed E-state index contributed by atoms with van der Waals surface area (Å²) in [5, 5.41) is 2.62. The molecular weight excluding hydrogens is 268 g/mol. The highest BCUT2D eigenvalue weighted by molar-refractivity contribution is 6.10. The lowest BCUT2D eigenvalue weighted by atomic mass is 9.98. The second-order valence-electron chi connectivity index (χ2n) is 5.99. The van der Waals surface area contributed by atoms with Crippen molar-refractivity contribution in [2.45, 2.75) is 19.4 Å². The molecule has 0 saturated carbocycles. The lowest BCUT2D eigenvalue weighted by Crippen LogP contribution is -2.09. The van der Waals surface area contributed by atoms with Crippen molar-refractivity contribution < 1.29 is 0 Å². The molecule has 0 saturated heterocycles. The number of fused-ring (bicyclic) bond motifs is 3. The molecule has 0 atom stereocenters. The van der Waals surface area contributed by atoms with E-state index in [0.29, 0.717) is 0 Å². The van der Waals surface area contributed by atoms with Gasteiger partial charge in [-0.3, -0.25) is 4.98 Å². The third kappa shape index (κ3) is 1.52. The molecule has 1 aliphatic rings. The maximum Gasteiger partial charge on any atom is 0.0755 e. The van der Waals surface area contributed by atoms with Gasteiger partial charge in [-0.15, -0.1) is 0 Å². The van der Waals surface area contributed by atoms with Crippen LogP contribution in [-0.4, -0.2) is 9.55 Å². The molecule has 0 spiro atoms. The molecule has 2 aromatic carbocycles. The van der Waals surface area contributed by atoms with Crippen LogP contribution in [0, 0.1) is 0 Å². The average molecular weight is 284 g/mol. The van der Waals surface area contributed by atoms with E-state index in [-0.39, 0.29) is 0 Å². The van der Waals surface area contributed by atoms with Crippen molar-refractivity contribution in [3.63, 3.8) is 0 Å². The number of pyridine rings is 1. The number of benzene rings is 2. The Kier molecular flexibility index (Phi) is 2.42. The Morgan fingerprint density at radius 1 is 0.864 bits per heavy atom. The molecule has 2 nitrogen and oxygen atoms in total. The summed E-state index contributed by atoms with van der Waals surface area (Å²) in [6.45, 7) is 1.11. The fourth-order valence-electron chi connectivity index (χ4n) is 3.83. The van der Waals surface area contributed by atoms with E-state index < -0.39 is 0 Å². The minimum atomic E-state index is 1.11. The molecule has 1 aliphatic heterocycles. The quantitative estimate of drug-likeness (QED) is 0.491. The van der Waals surface area contributed by atoms with Crippen LogP contribution >= 0.6 is 0 Å². The van der Waals surface area contributed by atoms with Crippen molar-refractivity contribution in [1.29, 1.82) is 0 Å². The van der Waals surface area contributed by atoms with Crippen LogP contribution in [0.25, 0.3) is 33.1 Å². The highest BCUT2D eigenvalue weighted by Crippen LogP contribution is 2.37. The third-order valence-corrected chi connectivity index (χ3v) is 4.76. The molecule has 0 fully saturated rings. The van der Waals surface area contributed by atoms with Crippen LogP contribution in [0.4, 0.5) is 0 Å². The maximum absolute atomic E-state index is 4.83. The summed E-state index contributed by atoms with van der Waals surface area (Å²) in [6, 6.07) is 19.3. The van der Waals surface area contributed by atoms with Crippen LogP contribution in [-0.2, 0) is 13.0 Å². The summed E-state index contributed by atoms with van der Waals surface area (Å²) in [6.07, 6.45) is 4.36. The molecule has 22 heavy (non-hydrogen) atoms. The van der Waals surface area contributed by atoms with E-state index in [0.717, 1.165) is 18.7 Å². The first kappa shape index (κ1) is 12.0. The first-order valence-corrected chi connectivity index (χ1v) is 7.88. The topological polar surface area (TPSA) is 17.8 Å². The number of rotatable bonds is 1. The molecule has 5 rings (SSSR count). The molecule has 106 valence electrons. The van der Waals surface area contributed by atoms with E-state index >= 15 is 0 Å². The summed E-state index contributed by atoms with van der Waals surface area (Å²) < 4.78 is 2.48. The van der Waals surface area contributed by atoms with Gasteiger partial charge in [0.15, 0.2) is 0 Å². The highest BCUT2D eigenvalue weighted by Gasteiger charge is 2.21. The molecule has 0 bridgehead atoms. The predicted octanol–water partition coefficient (Wildman–Crippen LogP) is 4.80. The summed E-state index contributed by atoms with van der Waals surface area (Å²) in [5.41, 5.74) is 6.51. The van der Waals surface area contributed by atoms with Crippen molar-refractivity contribution in [1.82, 2.24) is 9.55 Å². The second-order valence-corrected chi connectivity index (χ2v) is 5.99. The molecule has 0 aliphatic carbocycles. The van der Waals surface area contributed by atoms with Crippen molar-refractivity contribution in [3.8, 4) is 11.3 Å². The van der Waals surface area contributed by atoms with Crippen molar-refractivity contribution in [2.24, 2.45) is 0 Å². The summed E-state index contributed by atoms with van der Waals surface area (Å²) in [4.78, 5) is 4.83. The number of hydrogen-bond acceptors (Lipinski definition) is 1. The third-order valence-electron chi connectivity index (χ3n) is 4.76. The summed E-state index contributed by atoms with van der Waals surface area (Å²) in [5.74, 6) is 0. The normalized spacial score (nSPS) is 13.8. The zero-order valence-electron chi connectivity index (χ0n) is 12.3. The first-order valence-electron chi connectivity index (χ1n) is 7.88. The van der Waals surface area contributed by atoms with Gasteiger partial charge in [-0.1, -0.05) is 48.5 Å². The second kappa shape index (κ2) is 4.44. The van der Waals surface area contributed by atoms with Gasteiger partial charge < -0.3 is 4.57 Å². The average Bonchev–Trinajstić information content (AvgIpc) is 2.93. The molecule has 0 radical (unpaired) electrons. The number of aromatic nitrogens is 2. The SMILES string of the molecule is c1ccc(-c2ncc3c4ccccc4n4c3c2CCC4)cc1. The minimum Gasteiger partial charge on any atom is -0.340 e. The van der Waals surface area contributed by atoms with Gasteiger partial charge >= 0.3 is 0 Å². The number of nitrogens with zero attached hydrogens (tertiary/aromatic N) is 2. The van der Waals surface area contributed by atoms with Crippen LogP contribution in [0.1, 0.15) is 12.0 Å².